The van der Waals surface area contributed by atoms with Crippen LogP contribution in [-0.4, -0.2) is 28.3 Å². The van der Waals surface area contributed by atoms with Crippen LogP contribution in [-0.2, 0) is 4.79 Å². The molecule has 1 N–H and O–H groups in total. The predicted molar refractivity (Wildman–Crippen MR) is 89.3 cm³/mol. The standard InChI is InChI=1S/C15H17N3O2S2/c1-20-12-8-4-2-6-10(12)16-14-17-18-15(22-14)21-13-9-5-3-7-11(13)19/h2,4,6,8,13H,3,5,7,9H2,1H3,(H,16,17)/t13-/m1/s1. The molecule has 1 aromatic heterocycles. The van der Waals surface area contributed by atoms with Gasteiger partial charge in [-0.1, -0.05) is 41.7 Å². The lowest BCUT2D eigenvalue weighted by Gasteiger charge is -2.18. The van der Waals surface area contributed by atoms with E-state index >= 15 is 0 Å². The molecule has 1 aromatic carbocycles. The molecule has 0 bridgehead atoms. The van der Waals surface area contributed by atoms with Crippen molar-refractivity contribution >= 4 is 39.7 Å². The Morgan fingerprint density at radius 3 is 3.00 bits per heavy atom. The van der Waals surface area contributed by atoms with Gasteiger partial charge in [-0.15, -0.1) is 10.2 Å². The van der Waals surface area contributed by atoms with Crippen LogP contribution in [0.1, 0.15) is 25.7 Å². The lowest BCUT2D eigenvalue weighted by Crippen LogP contribution is -2.21. The van der Waals surface area contributed by atoms with Crippen molar-refractivity contribution in [1.29, 1.82) is 0 Å². The molecule has 1 aliphatic carbocycles. The number of hydrogen-bond acceptors (Lipinski definition) is 7. The highest BCUT2D eigenvalue weighted by Gasteiger charge is 2.24. The zero-order valence-electron chi connectivity index (χ0n) is 12.2. The van der Waals surface area contributed by atoms with Crippen LogP contribution in [0.25, 0.3) is 0 Å². The summed E-state index contributed by atoms with van der Waals surface area (Å²) in [5.41, 5.74) is 0.853. The Labute approximate surface area is 137 Å². The summed E-state index contributed by atoms with van der Waals surface area (Å²) < 4.78 is 6.14. The second-order valence-electron chi connectivity index (χ2n) is 5.02. The van der Waals surface area contributed by atoms with Crippen LogP contribution >= 0.6 is 23.1 Å². The molecule has 5 nitrogen and oxygen atoms in total. The number of aromatic nitrogens is 2. The summed E-state index contributed by atoms with van der Waals surface area (Å²) >= 11 is 3.00. The summed E-state index contributed by atoms with van der Waals surface area (Å²) in [4.78, 5) is 11.9. The van der Waals surface area contributed by atoms with Crippen LogP contribution in [0.4, 0.5) is 10.8 Å². The molecular weight excluding hydrogens is 318 g/mol. The Morgan fingerprint density at radius 2 is 2.18 bits per heavy atom. The van der Waals surface area contributed by atoms with Gasteiger partial charge in [-0.05, 0) is 25.0 Å². The largest absolute Gasteiger partial charge is 0.495 e. The fraction of sp³-hybridized carbons (Fsp3) is 0.400. The molecule has 0 unspecified atom stereocenters. The Balaban J connectivity index is 1.67. The number of anilines is 2. The fourth-order valence-corrected chi connectivity index (χ4v) is 4.50. The fourth-order valence-electron chi connectivity index (χ4n) is 2.37. The van der Waals surface area contributed by atoms with Crippen LogP contribution in [0, 0.1) is 0 Å². The normalized spacial score (nSPS) is 18.2. The number of hydrogen-bond donors (Lipinski definition) is 1. The van der Waals surface area contributed by atoms with Crippen molar-refractivity contribution in [2.75, 3.05) is 12.4 Å². The molecule has 0 radical (unpaired) electrons. The van der Waals surface area contributed by atoms with E-state index in [-0.39, 0.29) is 5.25 Å². The third-order valence-electron chi connectivity index (χ3n) is 3.50. The van der Waals surface area contributed by atoms with Crippen molar-refractivity contribution in [3.8, 4) is 5.75 Å². The van der Waals surface area contributed by atoms with E-state index in [0.29, 0.717) is 17.3 Å². The van der Waals surface area contributed by atoms with Gasteiger partial charge < -0.3 is 10.1 Å². The van der Waals surface area contributed by atoms with Gasteiger partial charge in [-0.2, -0.15) is 0 Å². The van der Waals surface area contributed by atoms with Gasteiger partial charge >= 0.3 is 0 Å². The number of benzene rings is 1. The number of nitrogens with zero attached hydrogens (tertiary/aromatic N) is 2. The van der Waals surface area contributed by atoms with Gasteiger partial charge in [0.1, 0.15) is 11.5 Å². The number of carbonyl (C=O) groups excluding carboxylic acids is 1. The first kappa shape index (κ1) is 15.3. The molecule has 1 fully saturated rings. The minimum absolute atomic E-state index is 0.0424. The second kappa shape index (κ2) is 7.11. The second-order valence-corrected chi connectivity index (χ2v) is 7.44. The molecule has 0 amide bonds. The van der Waals surface area contributed by atoms with Gasteiger partial charge in [0.05, 0.1) is 18.0 Å². The van der Waals surface area contributed by atoms with Gasteiger partial charge in [-0.25, -0.2) is 0 Å². The van der Waals surface area contributed by atoms with Gasteiger partial charge in [0, 0.05) is 6.42 Å². The maximum absolute atomic E-state index is 11.9. The Bertz CT molecular complexity index is 660. The van der Waals surface area contributed by atoms with Gasteiger partial charge in [0.15, 0.2) is 4.34 Å². The van der Waals surface area contributed by atoms with E-state index in [1.54, 1.807) is 7.11 Å². The van der Waals surface area contributed by atoms with E-state index in [4.69, 9.17) is 4.74 Å². The molecule has 1 saturated carbocycles. The first-order chi connectivity index (χ1) is 10.8. The average Bonchev–Trinajstić information content (AvgIpc) is 2.97. The molecule has 7 heteroatoms. The number of thioether (sulfide) groups is 1. The number of ketones is 1. The highest BCUT2D eigenvalue weighted by Crippen LogP contribution is 2.36. The van der Waals surface area contributed by atoms with Gasteiger partial charge in [-0.3, -0.25) is 4.79 Å². The Kier molecular flexibility index (Phi) is 4.94. The van der Waals surface area contributed by atoms with E-state index in [1.807, 2.05) is 24.3 Å². The quantitative estimate of drug-likeness (QED) is 0.894. The molecule has 22 heavy (non-hydrogen) atoms. The van der Waals surface area contributed by atoms with Crippen molar-refractivity contribution < 1.29 is 9.53 Å². The number of ether oxygens (including phenoxy) is 1. The molecule has 0 aliphatic heterocycles. The summed E-state index contributed by atoms with van der Waals surface area (Å²) in [6.45, 7) is 0. The smallest absolute Gasteiger partial charge is 0.210 e. The Hall–Kier alpha value is -1.60. The van der Waals surface area contributed by atoms with Crippen LogP contribution in [0.3, 0.4) is 0 Å². The molecular formula is C15H17N3O2S2. The first-order valence-corrected chi connectivity index (χ1v) is 8.89. The predicted octanol–water partition coefficient (Wildman–Crippen LogP) is 3.89. The van der Waals surface area contributed by atoms with Crippen LogP contribution < -0.4 is 10.1 Å². The van der Waals surface area contributed by atoms with Gasteiger partial charge in [0.2, 0.25) is 5.13 Å². The first-order valence-electron chi connectivity index (χ1n) is 7.19. The molecule has 1 heterocycles. The molecule has 3 rings (SSSR count). The molecule has 1 atom stereocenters. The topological polar surface area (TPSA) is 64.1 Å². The number of para-hydroxylation sites is 2. The number of Topliss-reactive ketones (excluding diaryl/α,β-unsaturated/α-hetero) is 1. The summed E-state index contributed by atoms with van der Waals surface area (Å²) in [5.74, 6) is 1.10. The zero-order chi connectivity index (χ0) is 15.4. The maximum atomic E-state index is 11.9. The SMILES string of the molecule is COc1ccccc1Nc1nnc(S[C@@H]2CCCCC2=O)s1. The third kappa shape index (κ3) is 3.59. The van der Waals surface area contributed by atoms with Crippen molar-refractivity contribution in [1.82, 2.24) is 10.2 Å². The van der Waals surface area contributed by atoms with Crippen LogP contribution in [0.5, 0.6) is 5.75 Å². The minimum Gasteiger partial charge on any atom is -0.495 e. The van der Waals surface area contributed by atoms with E-state index in [1.165, 1.54) is 23.1 Å². The average molecular weight is 335 g/mol. The highest BCUT2D eigenvalue weighted by atomic mass is 32.2. The molecule has 0 spiro atoms. The minimum atomic E-state index is 0.0424. The van der Waals surface area contributed by atoms with E-state index < -0.39 is 0 Å². The number of carbonyl (C=O) groups is 1. The lowest BCUT2D eigenvalue weighted by molar-refractivity contribution is -0.119. The summed E-state index contributed by atoms with van der Waals surface area (Å²) in [6.07, 6.45) is 3.78. The number of methoxy groups -OCH3 is 1. The third-order valence-corrected chi connectivity index (χ3v) is 5.74. The summed E-state index contributed by atoms with van der Waals surface area (Å²) in [6, 6.07) is 7.67. The van der Waals surface area contributed by atoms with Crippen molar-refractivity contribution in [2.45, 2.75) is 35.3 Å². The van der Waals surface area contributed by atoms with E-state index in [9.17, 15) is 4.79 Å². The lowest BCUT2D eigenvalue weighted by atomic mass is 9.99. The molecule has 0 saturated heterocycles. The van der Waals surface area contributed by atoms with Crippen molar-refractivity contribution in [3.63, 3.8) is 0 Å². The van der Waals surface area contributed by atoms with E-state index in [0.717, 1.165) is 35.0 Å². The van der Waals surface area contributed by atoms with E-state index in [2.05, 4.69) is 15.5 Å². The number of rotatable bonds is 5. The summed E-state index contributed by atoms with van der Waals surface area (Å²) in [5, 5.41) is 12.3. The highest BCUT2D eigenvalue weighted by molar-refractivity contribution is 8.02. The molecule has 2 aromatic rings. The molecule has 116 valence electrons. The number of nitrogens with one attached hydrogen (secondary N) is 1. The van der Waals surface area contributed by atoms with Crippen LogP contribution in [0.2, 0.25) is 0 Å². The summed E-state index contributed by atoms with van der Waals surface area (Å²) in [7, 11) is 1.64. The van der Waals surface area contributed by atoms with Crippen LogP contribution in [0.15, 0.2) is 28.6 Å². The monoisotopic (exact) mass is 335 g/mol. The molecule has 1 aliphatic rings. The maximum Gasteiger partial charge on any atom is 0.210 e. The zero-order valence-corrected chi connectivity index (χ0v) is 13.9. The van der Waals surface area contributed by atoms with Crippen molar-refractivity contribution in [2.24, 2.45) is 0 Å². The Morgan fingerprint density at radius 1 is 1.32 bits per heavy atom. The van der Waals surface area contributed by atoms with Crippen molar-refractivity contribution in [3.05, 3.63) is 24.3 Å². The van der Waals surface area contributed by atoms with Gasteiger partial charge in [0.25, 0.3) is 0 Å².